The summed E-state index contributed by atoms with van der Waals surface area (Å²) in [6, 6.07) is 14.9. The van der Waals surface area contributed by atoms with Crippen LogP contribution in [0.5, 0.6) is 5.75 Å². The van der Waals surface area contributed by atoms with Crippen LogP contribution in [0.15, 0.2) is 64.7 Å². The van der Waals surface area contributed by atoms with Crippen molar-refractivity contribution < 1.29 is 24.0 Å². The highest BCUT2D eigenvalue weighted by Gasteiger charge is 2.48. The molecule has 1 N–H and O–H groups in total. The average molecular weight is 404 g/mol. The predicted molar refractivity (Wildman–Crippen MR) is 110 cm³/mol. The van der Waals surface area contributed by atoms with Crippen molar-refractivity contribution in [3.8, 4) is 5.75 Å². The molecule has 0 radical (unpaired) electrons. The van der Waals surface area contributed by atoms with E-state index in [2.05, 4.69) is 5.16 Å². The molecule has 152 valence electrons. The normalized spacial score (nSPS) is 18.1. The lowest BCUT2D eigenvalue weighted by Crippen LogP contribution is -2.29. The van der Waals surface area contributed by atoms with Crippen LogP contribution in [0.4, 0.5) is 5.82 Å². The van der Waals surface area contributed by atoms with E-state index in [9.17, 15) is 14.7 Å². The Morgan fingerprint density at radius 2 is 1.83 bits per heavy atom. The number of ketones is 1. The zero-order valence-electron chi connectivity index (χ0n) is 16.7. The van der Waals surface area contributed by atoms with E-state index in [0.29, 0.717) is 22.6 Å². The molecule has 0 spiro atoms. The van der Waals surface area contributed by atoms with Crippen molar-refractivity contribution in [2.45, 2.75) is 19.9 Å². The second-order valence-corrected chi connectivity index (χ2v) is 7.06. The number of aliphatic hydroxyl groups is 1. The Hall–Kier alpha value is -3.87. The quantitative estimate of drug-likeness (QED) is 0.402. The van der Waals surface area contributed by atoms with E-state index >= 15 is 0 Å². The molecular formula is C23H20N2O5. The number of aryl methyl sites for hydroxylation is 2. The van der Waals surface area contributed by atoms with Gasteiger partial charge in [-0.15, -0.1) is 0 Å². The van der Waals surface area contributed by atoms with Crippen LogP contribution in [0.1, 0.15) is 28.5 Å². The largest absolute Gasteiger partial charge is 0.507 e. The SMILES string of the molecule is COc1ccc(/C(O)=C2/C(=O)C(=O)N(c3cc(C)on3)C2c2ccccc2)cc1C. The number of rotatable bonds is 4. The predicted octanol–water partition coefficient (Wildman–Crippen LogP) is 3.93. The van der Waals surface area contributed by atoms with Crippen molar-refractivity contribution in [2.24, 2.45) is 0 Å². The molecule has 4 rings (SSSR count). The number of Topliss-reactive ketones (excluding diaryl/α,β-unsaturated/α-hetero) is 1. The number of aromatic nitrogens is 1. The lowest BCUT2D eigenvalue weighted by atomic mass is 9.95. The summed E-state index contributed by atoms with van der Waals surface area (Å²) in [4.78, 5) is 27.2. The van der Waals surface area contributed by atoms with Crippen LogP contribution in [0.2, 0.25) is 0 Å². The third-order valence-corrected chi connectivity index (χ3v) is 5.09. The van der Waals surface area contributed by atoms with Gasteiger partial charge in [0.25, 0.3) is 5.78 Å². The molecule has 0 saturated carbocycles. The van der Waals surface area contributed by atoms with Crippen molar-refractivity contribution in [2.75, 3.05) is 12.0 Å². The molecule has 3 aromatic rings. The highest BCUT2D eigenvalue weighted by atomic mass is 16.5. The molecule has 2 heterocycles. The van der Waals surface area contributed by atoms with Crippen LogP contribution >= 0.6 is 0 Å². The number of aliphatic hydroxyl groups excluding tert-OH is 1. The molecule has 0 aliphatic carbocycles. The van der Waals surface area contributed by atoms with E-state index in [0.717, 1.165) is 5.56 Å². The van der Waals surface area contributed by atoms with Crippen LogP contribution in [0.3, 0.4) is 0 Å². The van der Waals surface area contributed by atoms with Crippen LogP contribution in [-0.4, -0.2) is 29.1 Å². The molecule has 7 heteroatoms. The Labute approximate surface area is 173 Å². The first-order valence-electron chi connectivity index (χ1n) is 9.36. The van der Waals surface area contributed by atoms with Crippen molar-refractivity contribution in [3.63, 3.8) is 0 Å². The summed E-state index contributed by atoms with van der Waals surface area (Å²) in [5, 5.41) is 15.0. The van der Waals surface area contributed by atoms with Gasteiger partial charge in [0.2, 0.25) is 0 Å². The summed E-state index contributed by atoms with van der Waals surface area (Å²) in [6.07, 6.45) is 0. The van der Waals surface area contributed by atoms with Gasteiger partial charge in [-0.25, -0.2) is 0 Å². The lowest BCUT2D eigenvalue weighted by molar-refractivity contribution is -0.132. The minimum absolute atomic E-state index is 0.00331. The molecule has 1 aliphatic rings. The number of hydrogen-bond acceptors (Lipinski definition) is 6. The maximum atomic E-state index is 13.0. The number of benzene rings is 2. The van der Waals surface area contributed by atoms with Crippen molar-refractivity contribution >= 4 is 23.3 Å². The first-order valence-corrected chi connectivity index (χ1v) is 9.36. The summed E-state index contributed by atoms with van der Waals surface area (Å²) in [6.45, 7) is 3.53. The molecule has 1 unspecified atom stereocenters. The van der Waals surface area contributed by atoms with Gasteiger partial charge in [0.05, 0.1) is 18.7 Å². The molecule has 7 nitrogen and oxygen atoms in total. The van der Waals surface area contributed by atoms with Crippen molar-refractivity contribution in [3.05, 3.63) is 82.6 Å². The fraction of sp³-hybridized carbons (Fsp3) is 0.174. The maximum Gasteiger partial charge on any atom is 0.301 e. The molecule has 1 fully saturated rings. The third kappa shape index (κ3) is 3.14. The average Bonchev–Trinajstić information content (AvgIpc) is 3.29. The van der Waals surface area contributed by atoms with Crippen LogP contribution in [0, 0.1) is 13.8 Å². The summed E-state index contributed by atoms with van der Waals surface area (Å²) >= 11 is 0. The fourth-order valence-corrected chi connectivity index (χ4v) is 3.67. The molecule has 1 amide bonds. The van der Waals surface area contributed by atoms with E-state index in [-0.39, 0.29) is 17.2 Å². The molecule has 1 aliphatic heterocycles. The molecule has 1 aromatic heterocycles. The first-order chi connectivity index (χ1) is 14.4. The van der Waals surface area contributed by atoms with Gasteiger partial charge in [-0.1, -0.05) is 35.5 Å². The van der Waals surface area contributed by atoms with Crippen molar-refractivity contribution in [1.29, 1.82) is 0 Å². The van der Waals surface area contributed by atoms with Crippen LogP contribution in [0.25, 0.3) is 5.76 Å². The van der Waals surface area contributed by atoms with Gasteiger partial charge in [-0.2, -0.15) is 0 Å². The smallest absolute Gasteiger partial charge is 0.301 e. The number of nitrogens with zero attached hydrogens (tertiary/aromatic N) is 2. The molecule has 1 atom stereocenters. The lowest BCUT2D eigenvalue weighted by Gasteiger charge is -2.22. The molecule has 1 saturated heterocycles. The zero-order chi connectivity index (χ0) is 21.4. The first kappa shape index (κ1) is 19.4. The number of carbonyl (C=O) groups excluding carboxylic acids is 2. The Morgan fingerprint density at radius 3 is 2.43 bits per heavy atom. The van der Waals surface area contributed by atoms with E-state index in [1.165, 1.54) is 4.90 Å². The van der Waals surface area contributed by atoms with Gasteiger partial charge in [-0.05, 0) is 43.2 Å². The zero-order valence-corrected chi connectivity index (χ0v) is 16.7. The Bertz CT molecular complexity index is 1160. The number of anilines is 1. The van der Waals surface area contributed by atoms with Gasteiger partial charge in [-0.3, -0.25) is 14.5 Å². The topological polar surface area (TPSA) is 92.9 Å². The van der Waals surface area contributed by atoms with Gasteiger partial charge in [0, 0.05) is 11.6 Å². The van der Waals surface area contributed by atoms with E-state index in [1.54, 1.807) is 62.6 Å². The minimum Gasteiger partial charge on any atom is -0.507 e. The number of methoxy groups -OCH3 is 1. The summed E-state index contributed by atoms with van der Waals surface area (Å²) in [5.74, 6) is -0.433. The standard InChI is InChI=1S/C23H20N2O5/c1-13-11-16(9-10-17(13)29-3)21(26)19-20(15-7-5-4-6-8-15)25(23(28)22(19)27)18-12-14(2)30-24-18/h4-12,20,26H,1-3H3/b21-19-. The number of hydrogen-bond donors (Lipinski definition) is 1. The van der Waals surface area contributed by atoms with Gasteiger partial charge in [0.15, 0.2) is 5.82 Å². The highest BCUT2D eigenvalue weighted by Crippen LogP contribution is 2.42. The van der Waals surface area contributed by atoms with Crippen molar-refractivity contribution in [1.82, 2.24) is 5.16 Å². The maximum absolute atomic E-state index is 13.0. The number of ether oxygens (including phenoxy) is 1. The van der Waals surface area contributed by atoms with E-state index < -0.39 is 17.7 Å². The minimum atomic E-state index is -0.835. The molecular weight excluding hydrogens is 384 g/mol. The van der Waals surface area contributed by atoms with Gasteiger partial charge >= 0.3 is 5.91 Å². The second-order valence-electron chi connectivity index (χ2n) is 7.06. The Kier molecular flexibility index (Phi) is 4.87. The van der Waals surface area contributed by atoms with Crippen LogP contribution in [-0.2, 0) is 9.59 Å². The van der Waals surface area contributed by atoms with Gasteiger partial charge in [0.1, 0.15) is 17.3 Å². The summed E-state index contributed by atoms with van der Waals surface area (Å²) in [7, 11) is 1.56. The molecule has 0 bridgehead atoms. The number of carbonyl (C=O) groups is 2. The molecule has 30 heavy (non-hydrogen) atoms. The van der Waals surface area contributed by atoms with Crippen LogP contribution < -0.4 is 9.64 Å². The highest BCUT2D eigenvalue weighted by molar-refractivity contribution is 6.51. The molecule has 2 aromatic carbocycles. The van der Waals surface area contributed by atoms with E-state index in [4.69, 9.17) is 9.26 Å². The Morgan fingerprint density at radius 1 is 1.10 bits per heavy atom. The summed E-state index contributed by atoms with van der Waals surface area (Å²) in [5.41, 5.74) is 1.88. The number of amides is 1. The fourth-order valence-electron chi connectivity index (χ4n) is 3.67. The Balaban J connectivity index is 1.92. The monoisotopic (exact) mass is 404 g/mol. The van der Waals surface area contributed by atoms with Gasteiger partial charge < -0.3 is 14.4 Å². The third-order valence-electron chi connectivity index (χ3n) is 5.09. The second kappa shape index (κ2) is 7.51. The van der Waals surface area contributed by atoms with E-state index in [1.807, 2.05) is 13.0 Å². The summed E-state index contributed by atoms with van der Waals surface area (Å²) < 4.78 is 10.4.